The van der Waals surface area contributed by atoms with Crippen LogP contribution in [-0.2, 0) is 9.53 Å². The zero-order chi connectivity index (χ0) is 15.2. The van der Waals surface area contributed by atoms with Crippen LogP contribution in [0.1, 0.15) is 11.6 Å². The largest absolute Gasteiger partial charge is 0.467 e. The first kappa shape index (κ1) is 14.5. The molecule has 0 aromatic heterocycles. The van der Waals surface area contributed by atoms with Gasteiger partial charge in [-0.1, -0.05) is 36.4 Å². The molecular formula is C15H14N2O4. The molecule has 0 aliphatic rings. The third-order valence-electron chi connectivity index (χ3n) is 2.94. The quantitative estimate of drug-likeness (QED) is 0.519. The Kier molecular flexibility index (Phi) is 4.50. The van der Waals surface area contributed by atoms with Crippen LogP contribution in [-0.4, -0.2) is 18.0 Å². The van der Waals surface area contributed by atoms with Gasteiger partial charge in [0.2, 0.25) is 0 Å². The molecule has 2 aromatic rings. The summed E-state index contributed by atoms with van der Waals surface area (Å²) in [5.74, 6) is -0.465. The highest BCUT2D eigenvalue weighted by Crippen LogP contribution is 2.23. The number of hydrogen-bond acceptors (Lipinski definition) is 5. The molecule has 108 valence electrons. The van der Waals surface area contributed by atoms with Crippen LogP contribution >= 0.6 is 0 Å². The third kappa shape index (κ3) is 3.56. The fourth-order valence-electron chi connectivity index (χ4n) is 1.92. The monoisotopic (exact) mass is 286 g/mol. The van der Waals surface area contributed by atoms with Crippen molar-refractivity contribution >= 4 is 17.3 Å². The van der Waals surface area contributed by atoms with Gasteiger partial charge in [0, 0.05) is 17.8 Å². The minimum absolute atomic E-state index is 0.0447. The van der Waals surface area contributed by atoms with Gasteiger partial charge >= 0.3 is 5.97 Å². The summed E-state index contributed by atoms with van der Waals surface area (Å²) in [4.78, 5) is 22.2. The predicted octanol–water partition coefficient (Wildman–Crippen LogP) is 2.92. The van der Waals surface area contributed by atoms with Gasteiger partial charge in [0.1, 0.15) is 0 Å². The number of nitro groups is 1. The van der Waals surface area contributed by atoms with Gasteiger partial charge in [-0.3, -0.25) is 10.1 Å². The van der Waals surface area contributed by atoms with E-state index in [1.807, 2.05) is 6.07 Å². The number of nitro benzene ring substituents is 1. The molecule has 0 aliphatic heterocycles. The van der Waals surface area contributed by atoms with Crippen LogP contribution in [0.5, 0.6) is 0 Å². The number of hydrogen-bond donors (Lipinski definition) is 1. The number of nitrogens with zero attached hydrogens (tertiary/aromatic N) is 1. The van der Waals surface area contributed by atoms with Crippen LogP contribution < -0.4 is 5.32 Å². The average molecular weight is 286 g/mol. The van der Waals surface area contributed by atoms with E-state index in [9.17, 15) is 14.9 Å². The van der Waals surface area contributed by atoms with Crippen molar-refractivity contribution in [3.63, 3.8) is 0 Å². The zero-order valence-corrected chi connectivity index (χ0v) is 11.4. The Morgan fingerprint density at radius 2 is 1.90 bits per heavy atom. The molecule has 0 bridgehead atoms. The lowest BCUT2D eigenvalue weighted by molar-refractivity contribution is -0.384. The second kappa shape index (κ2) is 6.51. The van der Waals surface area contributed by atoms with Crippen LogP contribution in [0.3, 0.4) is 0 Å². The van der Waals surface area contributed by atoms with Gasteiger partial charge in [0.05, 0.1) is 12.0 Å². The van der Waals surface area contributed by atoms with E-state index in [2.05, 4.69) is 5.32 Å². The number of ether oxygens (including phenoxy) is 1. The molecule has 1 atom stereocenters. The normalized spacial score (nSPS) is 11.5. The van der Waals surface area contributed by atoms with E-state index >= 15 is 0 Å². The van der Waals surface area contributed by atoms with Gasteiger partial charge in [-0.2, -0.15) is 0 Å². The first-order valence-corrected chi connectivity index (χ1v) is 6.25. The minimum atomic E-state index is -0.724. The van der Waals surface area contributed by atoms with E-state index in [1.54, 1.807) is 36.4 Å². The van der Waals surface area contributed by atoms with Crippen molar-refractivity contribution in [3.05, 3.63) is 70.3 Å². The Labute approximate surface area is 121 Å². The van der Waals surface area contributed by atoms with E-state index in [1.165, 1.54) is 19.2 Å². The summed E-state index contributed by atoms with van der Waals surface area (Å²) in [7, 11) is 1.30. The molecule has 2 rings (SSSR count). The lowest BCUT2D eigenvalue weighted by atomic mass is 10.1. The van der Waals surface area contributed by atoms with Gasteiger partial charge in [-0.15, -0.1) is 0 Å². The highest BCUT2D eigenvalue weighted by atomic mass is 16.6. The number of non-ortho nitro benzene ring substituents is 1. The van der Waals surface area contributed by atoms with Crippen LogP contribution in [0.15, 0.2) is 54.6 Å². The molecule has 0 radical (unpaired) electrons. The van der Waals surface area contributed by atoms with Crippen molar-refractivity contribution in [2.24, 2.45) is 0 Å². The maximum Gasteiger partial charge on any atom is 0.332 e. The number of rotatable bonds is 5. The molecule has 0 amide bonds. The van der Waals surface area contributed by atoms with Crippen molar-refractivity contribution in [3.8, 4) is 0 Å². The molecule has 0 aliphatic carbocycles. The Bertz CT molecular complexity index is 643. The van der Waals surface area contributed by atoms with Gasteiger partial charge in [-0.25, -0.2) is 4.79 Å². The molecule has 6 nitrogen and oxygen atoms in total. The molecule has 21 heavy (non-hydrogen) atoms. The third-order valence-corrected chi connectivity index (χ3v) is 2.94. The number of carbonyl (C=O) groups is 1. The van der Waals surface area contributed by atoms with E-state index < -0.39 is 16.9 Å². The van der Waals surface area contributed by atoms with Gasteiger partial charge in [0.25, 0.3) is 5.69 Å². The average Bonchev–Trinajstić information content (AvgIpc) is 2.53. The molecule has 0 spiro atoms. The second-order valence-electron chi connectivity index (χ2n) is 4.32. The molecule has 0 heterocycles. The smallest absolute Gasteiger partial charge is 0.332 e. The summed E-state index contributed by atoms with van der Waals surface area (Å²) >= 11 is 0. The maximum absolute atomic E-state index is 11.9. The van der Waals surface area contributed by atoms with Crippen molar-refractivity contribution in [1.29, 1.82) is 0 Å². The number of methoxy groups -OCH3 is 1. The number of carbonyl (C=O) groups excluding carboxylic acids is 1. The van der Waals surface area contributed by atoms with E-state index in [4.69, 9.17) is 4.74 Å². The van der Waals surface area contributed by atoms with Gasteiger partial charge in [0.15, 0.2) is 6.04 Å². The number of benzene rings is 2. The molecule has 0 saturated carbocycles. The van der Waals surface area contributed by atoms with Crippen molar-refractivity contribution < 1.29 is 14.5 Å². The molecule has 0 saturated heterocycles. The van der Waals surface area contributed by atoms with E-state index in [-0.39, 0.29) is 5.69 Å². The topological polar surface area (TPSA) is 81.5 Å². The van der Waals surface area contributed by atoms with Gasteiger partial charge < -0.3 is 10.1 Å². The highest BCUT2D eigenvalue weighted by Gasteiger charge is 2.21. The fraction of sp³-hybridized carbons (Fsp3) is 0.133. The van der Waals surface area contributed by atoms with Crippen LogP contribution in [0.25, 0.3) is 0 Å². The summed E-state index contributed by atoms with van der Waals surface area (Å²) in [6, 6.07) is 14.3. The molecular weight excluding hydrogens is 272 g/mol. The number of esters is 1. The SMILES string of the molecule is COC(=O)C(Nc1cccc([N+](=O)[O-])c1)c1ccccc1. The highest BCUT2D eigenvalue weighted by molar-refractivity contribution is 5.81. The summed E-state index contributed by atoms with van der Waals surface area (Å²) in [5, 5.41) is 13.7. The second-order valence-corrected chi connectivity index (χ2v) is 4.32. The molecule has 6 heteroatoms. The standard InChI is InChI=1S/C15H14N2O4/c1-21-15(18)14(11-6-3-2-4-7-11)16-12-8-5-9-13(10-12)17(19)20/h2-10,14,16H,1H3. The zero-order valence-electron chi connectivity index (χ0n) is 11.4. The molecule has 1 N–H and O–H groups in total. The van der Waals surface area contributed by atoms with Crippen LogP contribution in [0.4, 0.5) is 11.4 Å². The van der Waals surface area contributed by atoms with Crippen LogP contribution in [0, 0.1) is 10.1 Å². The van der Waals surface area contributed by atoms with Gasteiger partial charge in [-0.05, 0) is 11.6 Å². The first-order chi connectivity index (χ1) is 10.1. The fourth-order valence-corrected chi connectivity index (χ4v) is 1.92. The van der Waals surface area contributed by atoms with Crippen molar-refractivity contribution in [1.82, 2.24) is 0 Å². The Hall–Kier alpha value is -2.89. The number of anilines is 1. The molecule has 0 fully saturated rings. The summed E-state index contributed by atoms with van der Waals surface area (Å²) in [5.41, 5.74) is 1.15. The summed E-state index contributed by atoms with van der Waals surface area (Å²) < 4.78 is 4.78. The Morgan fingerprint density at radius 1 is 1.19 bits per heavy atom. The van der Waals surface area contributed by atoms with Crippen molar-refractivity contribution in [2.75, 3.05) is 12.4 Å². The first-order valence-electron chi connectivity index (χ1n) is 6.25. The molecule has 1 unspecified atom stereocenters. The van der Waals surface area contributed by atoms with E-state index in [0.717, 1.165) is 5.56 Å². The summed E-state index contributed by atoms with van der Waals surface area (Å²) in [6.45, 7) is 0. The van der Waals surface area contributed by atoms with Crippen LogP contribution in [0.2, 0.25) is 0 Å². The summed E-state index contributed by atoms with van der Waals surface area (Å²) in [6.07, 6.45) is 0. The maximum atomic E-state index is 11.9. The Balaban J connectivity index is 2.29. The molecule has 2 aromatic carbocycles. The number of nitrogens with one attached hydrogen (secondary N) is 1. The Morgan fingerprint density at radius 3 is 2.52 bits per heavy atom. The van der Waals surface area contributed by atoms with Crippen molar-refractivity contribution in [2.45, 2.75) is 6.04 Å². The minimum Gasteiger partial charge on any atom is -0.467 e. The van der Waals surface area contributed by atoms with E-state index in [0.29, 0.717) is 5.69 Å². The lowest BCUT2D eigenvalue weighted by Crippen LogP contribution is -2.22. The lowest BCUT2D eigenvalue weighted by Gasteiger charge is -2.17. The predicted molar refractivity (Wildman–Crippen MR) is 77.9 cm³/mol.